The number of ether oxygens (including phenoxy) is 1. The third-order valence-electron chi connectivity index (χ3n) is 3.25. The van der Waals surface area contributed by atoms with Gasteiger partial charge in [-0.15, -0.1) is 0 Å². The molecule has 0 aromatic carbocycles. The first-order chi connectivity index (χ1) is 7.53. The molecule has 2 unspecified atom stereocenters. The number of nitrogens with one attached hydrogen (secondary N) is 1. The Morgan fingerprint density at radius 3 is 2.62 bits per heavy atom. The van der Waals surface area contributed by atoms with Crippen LogP contribution in [0.1, 0.15) is 53.4 Å². The highest BCUT2D eigenvalue weighted by atomic mass is 16.5. The van der Waals surface area contributed by atoms with Gasteiger partial charge in [0.2, 0.25) is 0 Å². The van der Waals surface area contributed by atoms with Crippen molar-refractivity contribution in [3.05, 3.63) is 0 Å². The largest absolute Gasteiger partial charge is 0.381 e. The second kappa shape index (κ2) is 6.61. The van der Waals surface area contributed by atoms with Crippen molar-refractivity contribution < 1.29 is 4.74 Å². The van der Waals surface area contributed by atoms with Gasteiger partial charge in [-0.25, -0.2) is 0 Å². The molecule has 1 aliphatic rings. The fourth-order valence-corrected chi connectivity index (χ4v) is 2.48. The molecule has 0 aromatic rings. The summed E-state index contributed by atoms with van der Waals surface area (Å²) < 4.78 is 5.62. The van der Waals surface area contributed by atoms with Crippen LogP contribution in [0.4, 0.5) is 0 Å². The van der Waals surface area contributed by atoms with Crippen molar-refractivity contribution in [3.8, 4) is 0 Å². The van der Waals surface area contributed by atoms with E-state index in [0.717, 1.165) is 25.7 Å². The Labute approximate surface area is 101 Å². The van der Waals surface area contributed by atoms with E-state index in [4.69, 9.17) is 4.74 Å². The van der Waals surface area contributed by atoms with Crippen LogP contribution >= 0.6 is 0 Å². The molecule has 1 aliphatic heterocycles. The molecule has 0 amide bonds. The number of rotatable bonds is 5. The molecule has 16 heavy (non-hydrogen) atoms. The van der Waals surface area contributed by atoms with Gasteiger partial charge in [0, 0.05) is 12.6 Å². The zero-order valence-electron chi connectivity index (χ0n) is 11.5. The van der Waals surface area contributed by atoms with Crippen LogP contribution in [0.25, 0.3) is 0 Å². The van der Waals surface area contributed by atoms with Gasteiger partial charge in [0.05, 0.1) is 6.61 Å². The maximum absolute atomic E-state index is 5.62. The first-order valence-corrected chi connectivity index (χ1v) is 6.84. The molecule has 1 saturated heterocycles. The summed E-state index contributed by atoms with van der Waals surface area (Å²) in [5, 5.41) is 3.72. The van der Waals surface area contributed by atoms with Crippen molar-refractivity contribution in [3.63, 3.8) is 0 Å². The van der Waals surface area contributed by atoms with Gasteiger partial charge in [0.1, 0.15) is 0 Å². The summed E-state index contributed by atoms with van der Waals surface area (Å²) in [6.45, 7) is 12.3. The maximum atomic E-state index is 5.62. The van der Waals surface area contributed by atoms with E-state index in [1.165, 1.54) is 25.7 Å². The zero-order chi connectivity index (χ0) is 12.0. The van der Waals surface area contributed by atoms with Crippen LogP contribution in [0.2, 0.25) is 0 Å². The monoisotopic (exact) mass is 227 g/mol. The lowest BCUT2D eigenvalue weighted by atomic mass is 9.81. The van der Waals surface area contributed by atoms with E-state index < -0.39 is 0 Å². The average Bonchev–Trinajstić information content (AvgIpc) is 2.24. The lowest BCUT2D eigenvalue weighted by Crippen LogP contribution is -2.42. The first-order valence-electron chi connectivity index (χ1n) is 6.84. The highest BCUT2D eigenvalue weighted by Crippen LogP contribution is 2.28. The topological polar surface area (TPSA) is 21.3 Å². The van der Waals surface area contributed by atoms with Crippen LogP contribution < -0.4 is 5.32 Å². The molecular formula is C14H29NO. The van der Waals surface area contributed by atoms with E-state index >= 15 is 0 Å². The molecule has 0 aliphatic carbocycles. The predicted octanol–water partition coefficient (Wildman–Crippen LogP) is 3.22. The highest BCUT2D eigenvalue weighted by Gasteiger charge is 2.27. The Kier molecular flexibility index (Phi) is 5.77. The lowest BCUT2D eigenvalue weighted by Gasteiger charge is -2.35. The van der Waals surface area contributed by atoms with Gasteiger partial charge in [0.15, 0.2) is 0 Å². The minimum atomic E-state index is 0.406. The summed E-state index contributed by atoms with van der Waals surface area (Å²) in [5.74, 6) is 0.722. The SMILES string of the molecule is CCCNC(CC(C)(C)C)C1CCCOC1. The van der Waals surface area contributed by atoms with E-state index in [0.29, 0.717) is 11.5 Å². The number of hydrogen-bond donors (Lipinski definition) is 1. The Morgan fingerprint density at radius 1 is 1.38 bits per heavy atom. The van der Waals surface area contributed by atoms with Gasteiger partial charge >= 0.3 is 0 Å². The molecule has 0 radical (unpaired) electrons. The second-order valence-electron chi connectivity index (χ2n) is 6.30. The summed E-state index contributed by atoms with van der Waals surface area (Å²) >= 11 is 0. The third-order valence-corrected chi connectivity index (χ3v) is 3.25. The van der Waals surface area contributed by atoms with E-state index in [9.17, 15) is 0 Å². The normalized spacial score (nSPS) is 24.4. The summed E-state index contributed by atoms with van der Waals surface area (Å²) in [7, 11) is 0. The standard InChI is InChI=1S/C14H29NO/c1-5-8-15-13(10-14(2,3)4)12-7-6-9-16-11-12/h12-13,15H,5-11H2,1-4H3. The molecule has 1 heterocycles. The Hall–Kier alpha value is -0.0800. The summed E-state index contributed by atoms with van der Waals surface area (Å²) in [5.41, 5.74) is 0.406. The smallest absolute Gasteiger partial charge is 0.0509 e. The Morgan fingerprint density at radius 2 is 2.12 bits per heavy atom. The van der Waals surface area contributed by atoms with Crippen molar-refractivity contribution in [1.29, 1.82) is 0 Å². The van der Waals surface area contributed by atoms with Gasteiger partial charge in [-0.1, -0.05) is 27.7 Å². The zero-order valence-corrected chi connectivity index (χ0v) is 11.5. The molecule has 2 nitrogen and oxygen atoms in total. The molecule has 0 aromatic heterocycles. The maximum Gasteiger partial charge on any atom is 0.0509 e. The molecular weight excluding hydrogens is 198 g/mol. The van der Waals surface area contributed by atoms with Gasteiger partial charge in [-0.05, 0) is 43.6 Å². The fraction of sp³-hybridized carbons (Fsp3) is 1.00. The van der Waals surface area contributed by atoms with Crippen molar-refractivity contribution in [2.24, 2.45) is 11.3 Å². The van der Waals surface area contributed by atoms with Gasteiger partial charge in [-0.2, -0.15) is 0 Å². The molecule has 2 heteroatoms. The molecule has 0 bridgehead atoms. The van der Waals surface area contributed by atoms with Crippen molar-refractivity contribution in [2.75, 3.05) is 19.8 Å². The van der Waals surface area contributed by atoms with Crippen LogP contribution in [0.3, 0.4) is 0 Å². The van der Waals surface area contributed by atoms with Crippen LogP contribution in [0.5, 0.6) is 0 Å². The molecule has 1 rings (SSSR count). The van der Waals surface area contributed by atoms with E-state index in [-0.39, 0.29) is 0 Å². The third kappa shape index (κ3) is 5.31. The minimum Gasteiger partial charge on any atom is -0.381 e. The molecule has 0 saturated carbocycles. The molecule has 1 fully saturated rings. The summed E-state index contributed by atoms with van der Waals surface area (Å²) in [6, 6.07) is 0.639. The van der Waals surface area contributed by atoms with Crippen molar-refractivity contribution in [2.45, 2.75) is 59.4 Å². The Bertz CT molecular complexity index is 180. The molecule has 96 valence electrons. The van der Waals surface area contributed by atoms with E-state index in [2.05, 4.69) is 33.0 Å². The molecule has 2 atom stereocenters. The second-order valence-corrected chi connectivity index (χ2v) is 6.30. The molecule has 0 spiro atoms. The van der Waals surface area contributed by atoms with Crippen molar-refractivity contribution in [1.82, 2.24) is 5.32 Å². The summed E-state index contributed by atoms with van der Waals surface area (Å²) in [6.07, 6.45) is 5.03. The number of hydrogen-bond acceptors (Lipinski definition) is 2. The van der Waals surface area contributed by atoms with Crippen LogP contribution in [-0.4, -0.2) is 25.8 Å². The lowest BCUT2D eigenvalue weighted by molar-refractivity contribution is 0.0324. The van der Waals surface area contributed by atoms with E-state index in [1.54, 1.807) is 0 Å². The van der Waals surface area contributed by atoms with Crippen LogP contribution in [0, 0.1) is 11.3 Å². The average molecular weight is 227 g/mol. The fourth-order valence-electron chi connectivity index (χ4n) is 2.48. The van der Waals surface area contributed by atoms with Crippen LogP contribution in [-0.2, 0) is 4.74 Å². The van der Waals surface area contributed by atoms with Crippen molar-refractivity contribution >= 4 is 0 Å². The Balaban J connectivity index is 2.47. The quantitative estimate of drug-likeness (QED) is 0.778. The van der Waals surface area contributed by atoms with Gasteiger partial charge < -0.3 is 10.1 Å². The predicted molar refractivity (Wildman–Crippen MR) is 69.7 cm³/mol. The molecule has 1 N–H and O–H groups in total. The van der Waals surface area contributed by atoms with Gasteiger partial charge in [0.25, 0.3) is 0 Å². The highest BCUT2D eigenvalue weighted by molar-refractivity contribution is 4.82. The summed E-state index contributed by atoms with van der Waals surface area (Å²) in [4.78, 5) is 0. The van der Waals surface area contributed by atoms with Crippen LogP contribution in [0.15, 0.2) is 0 Å². The minimum absolute atomic E-state index is 0.406. The van der Waals surface area contributed by atoms with Gasteiger partial charge in [-0.3, -0.25) is 0 Å². The van der Waals surface area contributed by atoms with E-state index in [1.807, 2.05) is 0 Å². The first kappa shape index (κ1) is 14.0.